The number of nitrogens with zero attached hydrogens (tertiary/aromatic N) is 1. The first-order valence-electron chi connectivity index (χ1n) is 12.0. The Morgan fingerprint density at radius 1 is 1.00 bits per heavy atom. The predicted octanol–water partition coefficient (Wildman–Crippen LogP) is 5.44. The number of benzene rings is 2. The van der Waals surface area contributed by atoms with Gasteiger partial charge in [0.05, 0.1) is 17.5 Å². The summed E-state index contributed by atoms with van der Waals surface area (Å²) in [6.45, 7) is 1.60. The second-order valence-corrected chi connectivity index (χ2v) is 11.3. The number of fused-ring (bicyclic) bond motifs is 3. The number of ketones is 2. The normalized spacial score (nSPS) is 27.1. The first-order chi connectivity index (χ1) is 17.7. The van der Waals surface area contributed by atoms with Crippen LogP contribution in [0.15, 0.2) is 81.4 Å². The number of hydrogen-bond donors (Lipinski definition) is 1. The van der Waals surface area contributed by atoms with Gasteiger partial charge in [0.15, 0.2) is 11.6 Å². The van der Waals surface area contributed by atoms with Gasteiger partial charge in [0, 0.05) is 37.7 Å². The lowest BCUT2D eigenvalue weighted by molar-refractivity contribution is -0.123. The van der Waals surface area contributed by atoms with Crippen LogP contribution in [-0.4, -0.2) is 28.5 Å². The minimum absolute atomic E-state index is 0.0539. The van der Waals surface area contributed by atoms with Crippen molar-refractivity contribution in [2.24, 2.45) is 17.8 Å². The molecule has 1 fully saturated rings. The van der Waals surface area contributed by atoms with Gasteiger partial charge in [-0.25, -0.2) is 0 Å². The van der Waals surface area contributed by atoms with E-state index in [1.54, 1.807) is 43.3 Å². The number of halogens is 2. The molecule has 4 unspecified atom stereocenters. The van der Waals surface area contributed by atoms with Gasteiger partial charge in [0.1, 0.15) is 5.75 Å². The van der Waals surface area contributed by atoms with Crippen molar-refractivity contribution in [3.63, 3.8) is 0 Å². The molecule has 1 N–H and O–H groups in total. The molecule has 1 aliphatic heterocycles. The lowest BCUT2D eigenvalue weighted by Gasteiger charge is -2.42. The smallest absolute Gasteiger partial charge is 0.238 e. The number of hydrogen-bond acceptors (Lipinski definition) is 5. The van der Waals surface area contributed by atoms with Gasteiger partial charge in [0.2, 0.25) is 11.8 Å². The van der Waals surface area contributed by atoms with Gasteiger partial charge in [-0.05, 0) is 74.2 Å². The fourth-order valence-corrected chi connectivity index (χ4v) is 6.78. The molecule has 37 heavy (non-hydrogen) atoms. The summed E-state index contributed by atoms with van der Waals surface area (Å²) in [7, 11) is 0. The second kappa shape index (κ2) is 8.64. The number of amides is 2. The van der Waals surface area contributed by atoms with Crippen molar-refractivity contribution in [3.05, 3.63) is 92.0 Å². The Labute approximate surface area is 226 Å². The predicted molar refractivity (Wildman–Crippen MR) is 141 cm³/mol. The molecule has 8 heteroatoms. The van der Waals surface area contributed by atoms with Crippen molar-refractivity contribution in [2.75, 3.05) is 4.90 Å². The Kier molecular flexibility index (Phi) is 5.62. The van der Waals surface area contributed by atoms with Crippen LogP contribution >= 0.6 is 27.5 Å². The van der Waals surface area contributed by atoms with Crippen LogP contribution in [0.4, 0.5) is 5.69 Å². The van der Waals surface area contributed by atoms with E-state index in [1.807, 2.05) is 6.08 Å². The number of anilines is 1. The quantitative estimate of drug-likeness (QED) is 0.291. The largest absolute Gasteiger partial charge is 0.508 e. The second-order valence-electron chi connectivity index (χ2n) is 9.92. The van der Waals surface area contributed by atoms with E-state index < -0.39 is 23.7 Å². The molecule has 2 amide bonds. The van der Waals surface area contributed by atoms with Gasteiger partial charge < -0.3 is 5.11 Å². The molecule has 1 saturated heterocycles. The highest BCUT2D eigenvalue weighted by Crippen LogP contribution is 2.56. The van der Waals surface area contributed by atoms with E-state index in [0.717, 1.165) is 10.0 Å². The number of carbonyl (C=O) groups is 4. The van der Waals surface area contributed by atoms with E-state index in [0.29, 0.717) is 39.4 Å². The van der Waals surface area contributed by atoms with Gasteiger partial charge in [0.25, 0.3) is 0 Å². The van der Waals surface area contributed by atoms with Crippen molar-refractivity contribution in [3.8, 4) is 5.75 Å². The maximum atomic E-state index is 13.8. The molecule has 6 rings (SSSR count). The van der Waals surface area contributed by atoms with Gasteiger partial charge in [-0.1, -0.05) is 39.2 Å². The fraction of sp³-hybridized carbons (Fsp3) is 0.241. The molecule has 4 aliphatic rings. The SMILES string of the molecule is CC1=CC(=O)C2=C(CC3C(=CCC4C(=O)N(c5ccc(Br)cc5)C(=O)C43)C2c2cc(Cl)ccc2O)C1=O. The molecule has 0 radical (unpaired) electrons. The topological polar surface area (TPSA) is 91.8 Å². The molecule has 0 spiro atoms. The minimum Gasteiger partial charge on any atom is -0.508 e. The Bertz CT molecular complexity index is 1520. The Morgan fingerprint density at radius 2 is 1.73 bits per heavy atom. The van der Waals surface area contributed by atoms with Gasteiger partial charge in [-0.3, -0.25) is 24.1 Å². The summed E-state index contributed by atoms with van der Waals surface area (Å²) in [5.41, 5.74) is 2.67. The molecule has 2 aromatic rings. The number of imide groups is 1. The van der Waals surface area contributed by atoms with Crippen molar-refractivity contribution in [1.29, 1.82) is 0 Å². The highest BCUT2D eigenvalue weighted by molar-refractivity contribution is 9.10. The molecule has 0 saturated carbocycles. The highest BCUT2D eigenvalue weighted by Gasteiger charge is 2.56. The standard InChI is InChI=1S/C29H21BrClNO5/c1-13-10-23(34)26-21(27(13)35)12-19-17(24(26)20-11-15(31)4-9-22(20)33)7-8-18-25(19)29(37)32(28(18)36)16-5-2-14(30)3-6-16/h2-7,9-11,18-19,24-25,33H,8,12H2,1H3. The first-order valence-corrected chi connectivity index (χ1v) is 13.2. The molecule has 186 valence electrons. The van der Waals surface area contributed by atoms with Crippen LogP contribution in [-0.2, 0) is 19.2 Å². The number of phenolic OH excluding ortho intramolecular Hbond substituents is 1. The molecule has 3 aliphatic carbocycles. The summed E-state index contributed by atoms with van der Waals surface area (Å²) in [5, 5.41) is 11.2. The number of allylic oxidation sites excluding steroid dienone is 6. The Morgan fingerprint density at radius 3 is 2.46 bits per heavy atom. The lowest BCUT2D eigenvalue weighted by Crippen LogP contribution is -2.39. The van der Waals surface area contributed by atoms with Gasteiger partial charge in [-0.2, -0.15) is 0 Å². The molecule has 1 heterocycles. The number of carbonyl (C=O) groups excluding carboxylic acids is 4. The molecule has 6 nitrogen and oxygen atoms in total. The van der Waals surface area contributed by atoms with Crippen LogP contribution < -0.4 is 4.90 Å². The fourth-order valence-electron chi connectivity index (χ4n) is 6.34. The third kappa shape index (κ3) is 3.59. The zero-order valence-electron chi connectivity index (χ0n) is 19.7. The van der Waals surface area contributed by atoms with E-state index >= 15 is 0 Å². The van der Waals surface area contributed by atoms with Crippen LogP contribution in [0.5, 0.6) is 5.75 Å². The monoisotopic (exact) mass is 577 g/mol. The molecule has 0 aromatic heterocycles. The van der Waals surface area contributed by atoms with E-state index in [4.69, 9.17) is 11.6 Å². The van der Waals surface area contributed by atoms with E-state index in [-0.39, 0.29) is 35.6 Å². The number of phenols is 1. The first kappa shape index (κ1) is 24.1. The Balaban J connectivity index is 1.50. The zero-order chi connectivity index (χ0) is 26.2. The lowest BCUT2D eigenvalue weighted by atomic mass is 9.59. The Hall–Kier alpha value is -3.29. The van der Waals surface area contributed by atoms with E-state index in [9.17, 15) is 24.3 Å². The van der Waals surface area contributed by atoms with Gasteiger partial charge in [-0.15, -0.1) is 0 Å². The van der Waals surface area contributed by atoms with Crippen LogP contribution in [0.2, 0.25) is 5.02 Å². The van der Waals surface area contributed by atoms with Crippen molar-refractivity contribution in [2.45, 2.75) is 25.7 Å². The van der Waals surface area contributed by atoms with Crippen LogP contribution in [0, 0.1) is 17.8 Å². The minimum atomic E-state index is -0.737. The van der Waals surface area contributed by atoms with E-state index in [2.05, 4.69) is 15.9 Å². The molecule has 2 aromatic carbocycles. The zero-order valence-corrected chi connectivity index (χ0v) is 22.0. The van der Waals surface area contributed by atoms with Crippen molar-refractivity contribution >= 4 is 56.6 Å². The summed E-state index contributed by atoms with van der Waals surface area (Å²) < 4.78 is 0.830. The summed E-state index contributed by atoms with van der Waals surface area (Å²) >= 11 is 9.67. The maximum Gasteiger partial charge on any atom is 0.238 e. The maximum absolute atomic E-state index is 13.8. The number of aromatic hydroxyl groups is 1. The van der Waals surface area contributed by atoms with Crippen LogP contribution in [0.1, 0.15) is 31.2 Å². The molecule has 4 atom stereocenters. The molecular weight excluding hydrogens is 558 g/mol. The third-order valence-corrected chi connectivity index (χ3v) is 8.71. The highest BCUT2D eigenvalue weighted by atomic mass is 79.9. The van der Waals surface area contributed by atoms with Crippen LogP contribution in [0.25, 0.3) is 0 Å². The summed E-state index contributed by atoms with van der Waals surface area (Å²) in [5.74, 6) is -3.62. The van der Waals surface area contributed by atoms with Crippen molar-refractivity contribution in [1.82, 2.24) is 0 Å². The third-order valence-electron chi connectivity index (χ3n) is 7.95. The average molecular weight is 579 g/mol. The van der Waals surface area contributed by atoms with E-state index in [1.165, 1.54) is 17.0 Å². The molecular formula is C29H21BrClNO5. The summed E-state index contributed by atoms with van der Waals surface area (Å²) in [6.07, 6.45) is 3.76. The summed E-state index contributed by atoms with van der Waals surface area (Å²) in [6, 6.07) is 11.6. The number of Topliss-reactive ketones (excluding diaryl/α,β-unsaturated/α-hetero) is 1. The van der Waals surface area contributed by atoms with Crippen LogP contribution in [0.3, 0.4) is 0 Å². The number of rotatable bonds is 2. The van der Waals surface area contributed by atoms with Gasteiger partial charge >= 0.3 is 0 Å². The summed E-state index contributed by atoms with van der Waals surface area (Å²) in [4.78, 5) is 55.2. The molecule has 0 bridgehead atoms. The van der Waals surface area contributed by atoms with Crippen molar-refractivity contribution < 1.29 is 24.3 Å². The average Bonchev–Trinajstić information content (AvgIpc) is 3.13.